The molecular weight excluding hydrogens is 222 g/mol. The lowest BCUT2D eigenvalue weighted by Crippen LogP contribution is -2.27. The third kappa shape index (κ3) is 3.32. The molecule has 0 fully saturated rings. The van der Waals surface area contributed by atoms with Gasteiger partial charge in [-0.3, -0.25) is 0 Å². The van der Waals surface area contributed by atoms with Crippen LogP contribution in [0.25, 0.3) is 0 Å². The first-order valence-electron chi connectivity index (χ1n) is 5.49. The SMILES string of the molecule is CCc1ccc(CS(=O)(=O)C(C)CN)cc1. The normalized spacial score (nSPS) is 13.7. The van der Waals surface area contributed by atoms with Crippen molar-refractivity contribution in [3.8, 4) is 0 Å². The van der Waals surface area contributed by atoms with Gasteiger partial charge < -0.3 is 5.73 Å². The van der Waals surface area contributed by atoms with Crippen LogP contribution in [0.5, 0.6) is 0 Å². The highest BCUT2D eigenvalue weighted by atomic mass is 32.2. The van der Waals surface area contributed by atoms with Crippen LogP contribution in [0.4, 0.5) is 0 Å². The van der Waals surface area contributed by atoms with E-state index in [-0.39, 0.29) is 12.3 Å². The first-order valence-corrected chi connectivity index (χ1v) is 7.20. The van der Waals surface area contributed by atoms with Crippen molar-refractivity contribution in [3.63, 3.8) is 0 Å². The molecule has 0 saturated heterocycles. The van der Waals surface area contributed by atoms with Crippen LogP contribution < -0.4 is 5.73 Å². The van der Waals surface area contributed by atoms with Gasteiger partial charge in [0, 0.05) is 6.54 Å². The Kier molecular flexibility index (Phi) is 4.50. The van der Waals surface area contributed by atoms with Crippen LogP contribution in [0, 0.1) is 0 Å². The molecule has 16 heavy (non-hydrogen) atoms. The molecule has 1 unspecified atom stereocenters. The fourth-order valence-electron chi connectivity index (χ4n) is 1.39. The maximum Gasteiger partial charge on any atom is 0.158 e. The Balaban J connectivity index is 2.80. The number of aryl methyl sites for hydroxylation is 1. The number of sulfone groups is 1. The van der Waals surface area contributed by atoms with E-state index in [1.807, 2.05) is 24.3 Å². The van der Waals surface area contributed by atoms with Crippen LogP contribution in [0.15, 0.2) is 24.3 Å². The topological polar surface area (TPSA) is 60.2 Å². The molecule has 0 amide bonds. The molecule has 1 aromatic carbocycles. The van der Waals surface area contributed by atoms with Gasteiger partial charge in [-0.2, -0.15) is 0 Å². The maximum absolute atomic E-state index is 11.8. The second kappa shape index (κ2) is 5.46. The van der Waals surface area contributed by atoms with E-state index in [0.29, 0.717) is 0 Å². The molecule has 0 aliphatic heterocycles. The third-order valence-electron chi connectivity index (χ3n) is 2.74. The first-order chi connectivity index (χ1) is 7.49. The highest BCUT2D eigenvalue weighted by Crippen LogP contribution is 2.12. The average molecular weight is 241 g/mol. The molecular formula is C12H19NO2S. The van der Waals surface area contributed by atoms with Gasteiger partial charge in [-0.1, -0.05) is 31.2 Å². The number of nitrogens with two attached hydrogens (primary N) is 1. The quantitative estimate of drug-likeness (QED) is 0.850. The Morgan fingerprint density at radius 2 is 1.69 bits per heavy atom. The molecule has 0 saturated carbocycles. The molecule has 0 radical (unpaired) electrons. The first kappa shape index (κ1) is 13.2. The number of hydrogen-bond acceptors (Lipinski definition) is 3. The lowest BCUT2D eigenvalue weighted by Gasteiger charge is -2.10. The van der Waals surface area contributed by atoms with Crippen LogP contribution in [0.2, 0.25) is 0 Å². The Bertz CT molecular complexity index is 423. The zero-order valence-electron chi connectivity index (χ0n) is 9.81. The summed E-state index contributed by atoms with van der Waals surface area (Å²) < 4.78 is 23.6. The van der Waals surface area contributed by atoms with E-state index < -0.39 is 15.1 Å². The molecule has 1 aromatic rings. The van der Waals surface area contributed by atoms with Crippen molar-refractivity contribution in [2.75, 3.05) is 6.54 Å². The van der Waals surface area contributed by atoms with Gasteiger partial charge in [0.05, 0.1) is 11.0 Å². The van der Waals surface area contributed by atoms with E-state index in [1.165, 1.54) is 5.56 Å². The van der Waals surface area contributed by atoms with Crippen LogP contribution in [0.3, 0.4) is 0 Å². The zero-order valence-corrected chi connectivity index (χ0v) is 10.6. The van der Waals surface area contributed by atoms with Crippen molar-refractivity contribution in [2.45, 2.75) is 31.3 Å². The Morgan fingerprint density at radius 1 is 1.19 bits per heavy atom. The van der Waals surface area contributed by atoms with Crippen LogP contribution in [0.1, 0.15) is 25.0 Å². The van der Waals surface area contributed by atoms with E-state index >= 15 is 0 Å². The van der Waals surface area contributed by atoms with Crippen molar-refractivity contribution in [2.24, 2.45) is 5.73 Å². The highest BCUT2D eigenvalue weighted by Gasteiger charge is 2.19. The molecule has 0 aliphatic rings. The summed E-state index contributed by atoms with van der Waals surface area (Å²) in [6, 6.07) is 7.69. The predicted octanol–water partition coefficient (Wildman–Crippen LogP) is 1.51. The fourth-order valence-corrected chi connectivity index (χ4v) is 2.63. The molecule has 0 bridgehead atoms. The van der Waals surface area contributed by atoms with Crippen molar-refractivity contribution < 1.29 is 8.42 Å². The van der Waals surface area contributed by atoms with Gasteiger partial charge in [-0.25, -0.2) is 8.42 Å². The molecule has 0 aromatic heterocycles. The molecule has 90 valence electrons. The molecule has 1 rings (SSSR count). The van der Waals surface area contributed by atoms with Crippen LogP contribution in [-0.2, 0) is 22.0 Å². The molecule has 3 nitrogen and oxygen atoms in total. The summed E-state index contributed by atoms with van der Waals surface area (Å²) in [7, 11) is -3.11. The average Bonchev–Trinajstić information content (AvgIpc) is 2.28. The van der Waals surface area contributed by atoms with Crippen molar-refractivity contribution in [3.05, 3.63) is 35.4 Å². The number of benzene rings is 1. The van der Waals surface area contributed by atoms with E-state index in [0.717, 1.165) is 12.0 Å². The van der Waals surface area contributed by atoms with E-state index in [2.05, 4.69) is 6.92 Å². The molecule has 4 heteroatoms. The van der Waals surface area contributed by atoms with Crippen molar-refractivity contribution in [1.82, 2.24) is 0 Å². The lowest BCUT2D eigenvalue weighted by atomic mass is 10.1. The second-order valence-corrected chi connectivity index (χ2v) is 6.44. The molecule has 1 atom stereocenters. The van der Waals surface area contributed by atoms with E-state index in [4.69, 9.17) is 5.73 Å². The summed E-state index contributed by atoms with van der Waals surface area (Å²) >= 11 is 0. The second-order valence-electron chi connectivity index (χ2n) is 4.02. The summed E-state index contributed by atoms with van der Waals surface area (Å²) in [5.74, 6) is 0.0787. The fraction of sp³-hybridized carbons (Fsp3) is 0.500. The minimum absolute atomic E-state index is 0.0787. The predicted molar refractivity (Wildman–Crippen MR) is 67.0 cm³/mol. The molecule has 2 N–H and O–H groups in total. The largest absolute Gasteiger partial charge is 0.329 e. The van der Waals surface area contributed by atoms with E-state index in [1.54, 1.807) is 6.92 Å². The minimum Gasteiger partial charge on any atom is -0.329 e. The molecule has 0 spiro atoms. The molecule has 0 aliphatic carbocycles. The Labute approximate surface area is 97.6 Å². The van der Waals surface area contributed by atoms with Gasteiger partial charge in [0.2, 0.25) is 0 Å². The standard InChI is InChI=1S/C12H19NO2S/c1-3-11-4-6-12(7-5-11)9-16(14,15)10(2)8-13/h4-7,10H,3,8-9,13H2,1-2H3. The number of rotatable bonds is 5. The minimum atomic E-state index is -3.11. The smallest absolute Gasteiger partial charge is 0.158 e. The Morgan fingerprint density at radius 3 is 2.12 bits per heavy atom. The zero-order chi connectivity index (χ0) is 12.2. The summed E-state index contributed by atoms with van der Waals surface area (Å²) in [5, 5.41) is -0.474. The molecule has 0 heterocycles. The monoisotopic (exact) mass is 241 g/mol. The van der Waals surface area contributed by atoms with Gasteiger partial charge >= 0.3 is 0 Å². The van der Waals surface area contributed by atoms with Gasteiger partial charge in [0.1, 0.15) is 0 Å². The van der Waals surface area contributed by atoms with Crippen molar-refractivity contribution >= 4 is 9.84 Å². The van der Waals surface area contributed by atoms with Crippen molar-refractivity contribution in [1.29, 1.82) is 0 Å². The van der Waals surface area contributed by atoms with Gasteiger partial charge in [0.25, 0.3) is 0 Å². The third-order valence-corrected chi connectivity index (χ3v) is 4.90. The van der Waals surface area contributed by atoms with Gasteiger partial charge in [0.15, 0.2) is 9.84 Å². The lowest BCUT2D eigenvalue weighted by molar-refractivity contribution is 0.583. The van der Waals surface area contributed by atoms with Gasteiger partial charge in [-0.05, 0) is 24.5 Å². The summed E-state index contributed by atoms with van der Waals surface area (Å²) in [6.45, 7) is 3.90. The van der Waals surface area contributed by atoms with Gasteiger partial charge in [-0.15, -0.1) is 0 Å². The maximum atomic E-state index is 11.8. The number of hydrogen-bond donors (Lipinski definition) is 1. The van der Waals surface area contributed by atoms with Crippen LogP contribution >= 0.6 is 0 Å². The highest BCUT2D eigenvalue weighted by molar-refractivity contribution is 7.91. The van der Waals surface area contributed by atoms with Crippen LogP contribution in [-0.4, -0.2) is 20.2 Å². The summed E-state index contributed by atoms with van der Waals surface area (Å²) in [5.41, 5.74) is 7.43. The van der Waals surface area contributed by atoms with E-state index in [9.17, 15) is 8.42 Å². The summed E-state index contributed by atoms with van der Waals surface area (Å²) in [4.78, 5) is 0. The summed E-state index contributed by atoms with van der Waals surface area (Å²) in [6.07, 6.45) is 0.965. The Hall–Kier alpha value is -0.870.